The standard InChI is InChI=1S/C6H8O3S/c1-2-6(10)3-4(7)9-5(6)8/h10H,2-3H2,1H3. The molecule has 0 saturated carbocycles. The smallest absolute Gasteiger partial charge is 0.330 e. The van der Waals surface area contributed by atoms with Gasteiger partial charge in [-0.05, 0) is 6.42 Å². The first-order valence-electron chi connectivity index (χ1n) is 3.06. The van der Waals surface area contributed by atoms with Gasteiger partial charge in [0, 0.05) is 0 Å². The minimum absolute atomic E-state index is 0.103. The van der Waals surface area contributed by atoms with Crippen LogP contribution in [-0.4, -0.2) is 16.7 Å². The molecule has 1 heterocycles. The first-order chi connectivity index (χ1) is 4.58. The van der Waals surface area contributed by atoms with Gasteiger partial charge in [0.15, 0.2) is 0 Å². The number of hydrogen-bond acceptors (Lipinski definition) is 4. The maximum Gasteiger partial charge on any atom is 0.330 e. The van der Waals surface area contributed by atoms with E-state index >= 15 is 0 Å². The molecule has 0 amide bonds. The summed E-state index contributed by atoms with van der Waals surface area (Å²) in [5.74, 6) is -0.981. The van der Waals surface area contributed by atoms with Gasteiger partial charge in [-0.2, -0.15) is 12.6 Å². The molecule has 0 radical (unpaired) electrons. The first kappa shape index (κ1) is 7.60. The van der Waals surface area contributed by atoms with Crippen molar-refractivity contribution in [3.05, 3.63) is 0 Å². The van der Waals surface area contributed by atoms with Gasteiger partial charge in [-0.3, -0.25) is 9.59 Å². The van der Waals surface area contributed by atoms with Crippen molar-refractivity contribution in [2.45, 2.75) is 24.5 Å². The molecule has 10 heavy (non-hydrogen) atoms. The number of thiol groups is 1. The van der Waals surface area contributed by atoms with Crippen LogP contribution in [0.2, 0.25) is 0 Å². The summed E-state index contributed by atoms with van der Waals surface area (Å²) in [7, 11) is 0. The molecular weight excluding hydrogens is 152 g/mol. The molecule has 0 N–H and O–H groups in total. The molecule has 4 heteroatoms. The monoisotopic (exact) mass is 160 g/mol. The number of carbonyl (C=O) groups is 2. The number of hydrogen-bond donors (Lipinski definition) is 1. The molecule has 56 valence electrons. The largest absolute Gasteiger partial charge is 0.392 e. The van der Waals surface area contributed by atoms with E-state index in [1.54, 1.807) is 6.92 Å². The average molecular weight is 160 g/mol. The number of ether oxygens (including phenoxy) is 1. The second kappa shape index (κ2) is 2.27. The quantitative estimate of drug-likeness (QED) is 0.346. The zero-order chi connectivity index (χ0) is 7.78. The summed E-state index contributed by atoms with van der Waals surface area (Å²) in [4.78, 5) is 21.4. The molecule has 3 nitrogen and oxygen atoms in total. The SMILES string of the molecule is CCC1(S)CC(=O)OC1=O. The summed E-state index contributed by atoms with van der Waals surface area (Å²) >= 11 is 4.04. The molecule has 0 spiro atoms. The van der Waals surface area contributed by atoms with Crippen LogP contribution in [0.3, 0.4) is 0 Å². The fourth-order valence-corrected chi connectivity index (χ4v) is 0.989. The Balaban J connectivity index is 2.80. The Morgan fingerprint density at radius 2 is 2.30 bits per heavy atom. The molecule has 1 saturated heterocycles. The highest BCUT2D eigenvalue weighted by Gasteiger charge is 2.44. The Bertz CT molecular complexity index is 189. The predicted octanol–water partition coefficient (Wildman–Crippen LogP) is 0.538. The van der Waals surface area contributed by atoms with Crippen LogP contribution in [0.5, 0.6) is 0 Å². The van der Waals surface area contributed by atoms with Crippen LogP contribution in [0.1, 0.15) is 19.8 Å². The van der Waals surface area contributed by atoms with Gasteiger partial charge in [0.1, 0.15) is 4.75 Å². The molecule has 0 aromatic heterocycles. The van der Waals surface area contributed by atoms with Crippen LogP contribution >= 0.6 is 12.6 Å². The van der Waals surface area contributed by atoms with E-state index in [2.05, 4.69) is 17.4 Å². The van der Waals surface area contributed by atoms with Crippen molar-refractivity contribution in [1.29, 1.82) is 0 Å². The Kier molecular flexibility index (Phi) is 1.72. The van der Waals surface area contributed by atoms with Crippen molar-refractivity contribution in [2.24, 2.45) is 0 Å². The number of rotatable bonds is 1. The van der Waals surface area contributed by atoms with E-state index in [-0.39, 0.29) is 6.42 Å². The van der Waals surface area contributed by atoms with Gasteiger partial charge in [0.2, 0.25) is 0 Å². The lowest BCUT2D eigenvalue weighted by atomic mass is 10.0. The Morgan fingerprint density at radius 3 is 2.50 bits per heavy atom. The van der Waals surface area contributed by atoms with Crippen molar-refractivity contribution in [1.82, 2.24) is 0 Å². The summed E-state index contributed by atoms with van der Waals surface area (Å²) in [6, 6.07) is 0. The summed E-state index contributed by atoms with van der Waals surface area (Å²) < 4.78 is 3.46. The second-order valence-corrected chi connectivity index (χ2v) is 3.18. The molecule has 1 unspecified atom stereocenters. The van der Waals surface area contributed by atoms with E-state index in [0.717, 1.165) is 0 Å². The summed E-state index contributed by atoms with van der Waals surface area (Å²) in [6.07, 6.45) is 0.631. The van der Waals surface area contributed by atoms with Crippen LogP contribution in [0, 0.1) is 0 Å². The van der Waals surface area contributed by atoms with Gasteiger partial charge in [-0.25, -0.2) is 0 Å². The van der Waals surface area contributed by atoms with Crippen LogP contribution < -0.4 is 0 Å². The van der Waals surface area contributed by atoms with Gasteiger partial charge in [0.05, 0.1) is 6.42 Å². The van der Waals surface area contributed by atoms with Gasteiger partial charge in [-0.1, -0.05) is 6.92 Å². The fourth-order valence-electron chi connectivity index (χ4n) is 0.815. The second-order valence-electron chi connectivity index (χ2n) is 2.32. The zero-order valence-electron chi connectivity index (χ0n) is 5.59. The molecule has 1 rings (SSSR count). The van der Waals surface area contributed by atoms with Gasteiger partial charge >= 0.3 is 11.9 Å². The van der Waals surface area contributed by atoms with Crippen molar-refractivity contribution >= 4 is 24.6 Å². The molecule has 0 bridgehead atoms. The van der Waals surface area contributed by atoms with E-state index in [0.29, 0.717) is 6.42 Å². The molecule has 0 aromatic rings. The molecule has 1 fully saturated rings. The lowest BCUT2D eigenvalue weighted by molar-refractivity contribution is -0.152. The Hall–Kier alpha value is -0.510. The molecule has 0 aromatic carbocycles. The highest BCUT2D eigenvalue weighted by molar-refractivity contribution is 7.82. The predicted molar refractivity (Wildman–Crippen MR) is 37.7 cm³/mol. The fraction of sp³-hybridized carbons (Fsp3) is 0.667. The summed E-state index contributed by atoms with van der Waals surface area (Å²) in [5, 5.41) is 0. The Labute approximate surface area is 64.1 Å². The van der Waals surface area contributed by atoms with E-state index < -0.39 is 16.7 Å². The molecular formula is C6H8O3S. The number of cyclic esters (lactones) is 2. The molecule has 1 atom stereocenters. The van der Waals surface area contributed by atoms with Crippen molar-refractivity contribution < 1.29 is 14.3 Å². The van der Waals surface area contributed by atoms with Crippen LogP contribution in [0.25, 0.3) is 0 Å². The van der Waals surface area contributed by atoms with Gasteiger partial charge in [0.25, 0.3) is 0 Å². The maximum absolute atomic E-state index is 10.8. The van der Waals surface area contributed by atoms with Crippen LogP contribution in [0.4, 0.5) is 0 Å². The van der Waals surface area contributed by atoms with E-state index in [4.69, 9.17) is 0 Å². The van der Waals surface area contributed by atoms with Crippen molar-refractivity contribution in [3.63, 3.8) is 0 Å². The minimum Gasteiger partial charge on any atom is -0.392 e. The average Bonchev–Trinajstić information content (AvgIpc) is 2.09. The third kappa shape index (κ3) is 1.03. The summed E-state index contributed by atoms with van der Waals surface area (Å²) in [5.41, 5.74) is 0. The van der Waals surface area contributed by atoms with E-state index in [9.17, 15) is 9.59 Å². The third-order valence-corrected chi connectivity index (χ3v) is 2.27. The normalized spacial score (nSPS) is 32.6. The third-order valence-electron chi connectivity index (χ3n) is 1.61. The Morgan fingerprint density at radius 1 is 1.70 bits per heavy atom. The topological polar surface area (TPSA) is 43.4 Å². The molecule has 1 aliphatic heterocycles. The van der Waals surface area contributed by atoms with Crippen molar-refractivity contribution in [2.75, 3.05) is 0 Å². The summed E-state index contributed by atoms with van der Waals surface area (Å²) in [6.45, 7) is 1.80. The minimum atomic E-state index is -0.850. The van der Waals surface area contributed by atoms with Gasteiger partial charge < -0.3 is 4.74 Å². The van der Waals surface area contributed by atoms with Crippen molar-refractivity contribution in [3.8, 4) is 0 Å². The van der Waals surface area contributed by atoms with Crippen LogP contribution in [-0.2, 0) is 14.3 Å². The first-order valence-corrected chi connectivity index (χ1v) is 3.51. The lowest BCUT2D eigenvalue weighted by Crippen LogP contribution is -2.25. The number of carbonyl (C=O) groups excluding carboxylic acids is 2. The zero-order valence-corrected chi connectivity index (χ0v) is 6.48. The maximum atomic E-state index is 10.8. The highest BCUT2D eigenvalue weighted by Crippen LogP contribution is 2.30. The number of esters is 2. The van der Waals surface area contributed by atoms with Crippen LogP contribution in [0.15, 0.2) is 0 Å². The molecule has 0 aliphatic carbocycles. The van der Waals surface area contributed by atoms with E-state index in [1.807, 2.05) is 0 Å². The molecule has 1 aliphatic rings. The van der Waals surface area contributed by atoms with E-state index in [1.165, 1.54) is 0 Å². The lowest BCUT2D eigenvalue weighted by Gasteiger charge is -2.11. The highest BCUT2D eigenvalue weighted by atomic mass is 32.1. The van der Waals surface area contributed by atoms with Gasteiger partial charge in [-0.15, -0.1) is 0 Å².